The van der Waals surface area contributed by atoms with Crippen molar-refractivity contribution >= 4 is 0 Å². The van der Waals surface area contributed by atoms with Gasteiger partial charge in [-0.05, 0) is 44.8 Å². The third-order valence-electron chi connectivity index (χ3n) is 2.44. The second-order valence-corrected chi connectivity index (χ2v) is 4.49. The molecule has 0 aromatic rings. The highest BCUT2D eigenvalue weighted by atomic mass is 14.8. The van der Waals surface area contributed by atoms with Gasteiger partial charge in [0.2, 0.25) is 0 Å². The molecule has 0 aliphatic carbocycles. The normalized spacial score (nSPS) is 11.1. The van der Waals surface area contributed by atoms with Crippen LogP contribution in [0, 0.1) is 5.92 Å². The molecule has 0 saturated heterocycles. The molecule has 14 heavy (non-hydrogen) atoms. The zero-order chi connectivity index (χ0) is 10.6. The average molecular weight is 200 g/mol. The zero-order valence-electron chi connectivity index (χ0n) is 10.0. The first-order chi connectivity index (χ1) is 6.77. The van der Waals surface area contributed by atoms with Gasteiger partial charge in [0.25, 0.3) is 0 Å². The Kier molecular flexibility index (Phi) is 10.9. The van der Waals surface area contributed by atoms with Crippen LogP contribution in [0.15, 0.2) is 0 Å². The number of nitrogens with one attached hydrogen (secondary N) is 1. The van der Waals surface area contributed by atoms with Crippen LogP contribution in [0.3, 0.4) is 0 Å². The summed E-state index contributed by atoms with van der Waals surface area (Å²) in [7, 11) is 0. The second kappa shape index (κ2) is 11.0. The van der Waals surface area contributed by atoms with Crippen molar-refractivity contribution in [3.63, 3.8) is 0 Å². The maximum Gasteiger partial charge on any atom is -0.00489 e. The van der Waals surface area contributed by atoms with Crippen molar-refractivity contribution in [2.45, 2.75) is 52.4 Å². The lowest BCUT2D eigenvalue weighted by molar-refractivity contribution is 0.515. The van der Waals surface area contributed by atoms with Crippen LogP contribution in [0.25, 0.3) is 0 Å². The Morgan fingerprint density at radius 1 is 0.929 bits per heavy atom. The van der Waals surface area contributed by atoms with Crippen LogP contribution in [0.5, 0.6) is 0 Å². The van der Waals surface area contributed by atoms with Gasteiger partial charge in [0.15, 0.2) is 0 Å². The number of hydrogen-bond acceptors (Lipinski definition) is 2. The van der Waals surface area contributed by atoms with Crippen LogP contribution in [-0.4, -0.2) is 19.6 Å². The third-order valence-corrected chi connectivity index (χ3v) is 2.44. The van der Waals surface area contributed by atoms with Gasteiger partial charge in [0.05, 0.1) is 0 Å². The summed E-state index contributed by atoms with van der Waals surface area (Å²) in [5, 5.41) is 3.48. The lowest BCUT2D eigenvalue weighted by Gasteiger charge is -2.05. The summed E-state index contributed by atoms with van der Waals surface area (Å²) < 4.78 is 0. The van der Waals surface area contributed by atoms with Crippen molar-refractivity contribution < 1.29 is 0 Å². The summed E-state index contributed by atoms with van der Waals surface area (Å²) in [5.74, 6) is 0.861. The molecule has 0 saturated carbocycles. The van der Waals surface area contributed by atoms with Gasteiger partial charge in [-0.15, -0.1) is 0 Å². The zero-order valence-corrected chi connectivity index (χ0v) is 10.0. The molecule has 0 radical (unpaired) electrons. The van der Waals surface area contributed by atoms with Gasteiger partial charge in [-0.3, -0.25) is 0 Å². The van der Waals surface area contributed by atoms with E-state index in [9.17, 15) is 0 Å². The molecule has 0 aromatic heterocycles. The van der Waals surface area contributed by atoms with Gasteiger partial charge in [0, 0.05) is 0 Å². The quantitative estimate of drug-likeness (QED) is 0.532. The van der Waals surface area contributed by atoms with Gasteiger partial charge in [-0.2, -0.15) is 0 Å². The van der Waals surface area contributed by atoms with Crippen molar-refractivity contribution in [1.29, 1.82) is 0 Å². The molecule has 0 unspecified atom stereocenters. The first-order valence-corrected chi connectivity index (χ1v) is 6.18. The molecule has 86 valence electrons. The average Bonchev–Trinajstić information content (AvgIpc) is 2.15. The lowest BCUT2D eigenvalue weighted by atomic mass is 10.1. The van der Waals surface area contributed by atoms with Gasteiger partial charge in [0.1, 0.15) is 0 Å². The van der Waals surface area contributed by atoms with Crippen LogP contribution < -0.4 is 11.1 Å². The molecule has 0 heterocycles. The molecule has 3 N–H and O–H groups in total. The second-order valence-electron chi connectivity index (χ2n) is 4.49. The standard InChI is InChI=1S/C12H28N2/c1-12(2)8-4-7-11-14-10-6-3-5-9-13/h12,14H,3-11,13H2,1-2H3. The first kappa shape index (κ1) is 13.9. The number of unbranched alkanes of at least 4 members (excludes halogenated alkanes) is 3. The van der Waals surface area contributed by atoms with E-state index in [0.717, 1.165) is 12.5 Å². The topological polar surface area (TPSA) is 38.0 Å². The molecular formula is C12H28N2. The van der Waals surface area contributed by atoms with Crippen LogP contribution in [0.4, 0.5) is 0 Å². The van der Waals surface area contributed by atoms with E-state index < -0.39 is 0 Å². The molecule has 0 amide bonds. The largest absolute Gasteiger partial charge is 0.330 e. The highest BCUT2D eigenvalue weighted by molar-refractivity contribution is 4.52. The van der Waals surface area contributed by atoms with E-state index in [1.165, 1.54) is 51.6 Å². The summed E-state index contributed by atoms with van der Waals surface area (Å²) in [5.41, 5.74) is 5.42. The van der Waals surface area contributed by atoms with Crippen LogP contribution in [0.2, 0.25) is 0 Å². The highest BCUT2D eigenvalue weighted by Gasteiger charge is 1.93. The number of hydrogen-bond donors (Lipinski definition) is 2. The molecule has 0 bridgehead atoms. The monoisotopic (exact) mass is 200 g/mol. The van der Waals surface area contributed by atoms with E-state index >= 15 is 0 Å². The van der Waals surface area contributed by atoms with Crippen molar-refractivity contribution in [3.05, 3.63) is 0 Å². The molecule has 0 spiro atoms. The van der Waals surface area contributed by atoms with Gasteiger partial charge < -0.3 is 11.1 Å². The van der Waals surface area contributed by atoms with Gasteiger partial charge >= 0.3 is 0 Å². The highest BCUT2D eigenvalue weighted by Crippen LogP contribution is 2.04. The maximum absolute atomic E-state index is 5.42. The summed E-state index contributed by atoms with van der Waals surface area (Å²) in [6.07, 6.45) is 7.79. The third kappa shape index (κ3) is 11.9. The molecular weight excluding hydrogens is 172 g/mol. The van der Waals surface area contributed by atoms with E-state index in [4.69, 9.17) is 5.73 Å². The molecule has 0 aromatic carbocycles. The molecule has 0 rings (SSSR count). The minimum atomic E-state index is 0.842. The van der Waals surface area contributed by atoms with Crippen molar-refractivity contribution in [1.82, 2.24) is 5.32 Å². The van der Waals surface area contributed by atoms with Crippen molar-refractivity contribution in [2.24, 2.45) is 11.7 Å². The fraction of sp³-hybridized carbons (Fsp3) is 1.00. The Balaban J connectivity index is 2.85. The minimum absolute atomic E-state index is 0.842. The fourth-order valence-electron chi connectivity index (χ4n) is 1.50. The lowest BCUT2D eigenvalue weighted by Crippen LogP contribution is -2.17. The van der Waals surface area contributed by atoms with Crippen LogP contribution in [-0.2, 0) is 0 Å². The Hall–Kier alpha value is -0.0800. The Bertz CT molecular complexity index is 102. The predicted molar refractivity (Wildman–Crippen MR) is 64.5 cm³/mol. The first-order valence-electron chi connectivity index (χ1n) is 6.18. The van der Waals surface area contributed by atoms with E-state index in [-0.39, 0.29) is 0 Å². The molecule has 2 nitrogen and oxygen atoms in total. The fourth-order valence-corrected chi connectivity index (χ4v) is 1.50. The number of nitrogens with two attached hydrogens (primary N) is 1. The maximum atomic E-state index is 5.42. The molecule has 0 aliphatic rings. The Morgan fingerprint density at radius 2 is 1.57 bits per heavy atom. The molecule has 0 atom stereocenters. The smallest absolute Gasteiger partial charge is 0.00489 e. The molecule has 0 aliphatic heterocycles. The van der Waals surface area contributed by atoms with E-state index in [1.807, 2.05) is 0 Å². The van der Waals surface area contributed by atoms with Crippen LogP contribution >= 0.6 is 0 Å². The predicted octanol–water partition coefficient (Wildman–Crippen LogP) is 2.53. The molecule has 0 fully saturated rings. The Morgan fingerprint density at radius 3 is 2.14 bits per heavy atom. The molecule has 2 heteroatoms. The summed E-state index contributed by atoms with van der Waals surface area (Å²) >= 11 is 0. The van der Waals surface area contributed by atoms with Crippen molar-refractivity contribution in [2.75, 3.05) is 19.6 Å². The summed E-state index contributed by atoms with van der Waals surface area (Å²) in [4.78, 5) is 0. The van der Waals surface area contributed by atoms with Crippen LogP contribution in [0.1, 0.15) is 52.4 Å². The minimum Gasteiger partial charge on any atom is -0.330 e. The van der Waals surface area contributed by atoms with E-state index in [0.29, 0.717) is 0 Å². The summed E-state index contributed by atoms with van der Waals surface area (Å²) in [6, 6.07) is 0. The van der Waals surface area contributed by atoms with Gasteiger partial charge in [-0.1, -0.05) is 33.1 Å². The Labute approximate surface area is 89.6 Å². The number of rotatable bonds is 10. The van der Waals surface area contributed by atoms with Gasteiger partial charge in [-0.25, -0.2) is 0 Å². The SMILES string of the molecule is CC(C)CCCCNCCCCCN. The van der Waals surface area contributed by atoms with E-state index in [2.05, 4.69) is 19.2 Å². The van der Waals surface area contributed by atoms with Crippen molar-refractivity contribution in [3.8, 4) is 0 Å². The summed E-state index contributed by atoms with van der Waals surface area (Å²) in [6.45, 7) is 7.78. The van der Waals surface area contributed by atoms with E-state index in [1.54, 1.807) is 0 Å².